The first-order valence-corrected chi connectivity index (χ1v) is 12.3. The molecule has 1 aromatic heterocycles. The number of benzene rings is 1. The molecule has 0 spiro atoms. The van der Waals surface area contributed by atoms with Crippen molar-refractivity contribution in [1.82, 2.24) is 14.2 Å². The van der Waals surface area contributed by atoms with Crippen molar-refractivity contribution in [3.63, 3.8) is 0 Å². The largest absolute Gasteiger partial charge is 0.331 e. The first-order valence-electron chi connectivity index (χ1n) is 10.1. The number of likely N-dealkylation sites (N-methyl/N-ethyl adjacent to an activating group) is 1. The standard InChI is InChI=1S/C21H24Cl2N4O3S/c1-12-16(10-24)19(15-6-3-13(22)9-17(15)23)20-18(25-12)11-27(21(20)28)8-7-26(2)31(29,30)14-4-5-14/h3,6,9,14H,4-5,7-8,10-11,24H2,1-2H3. The summed E-state index contributed by atoms with van der Waals surface area (Å²) in [5.41, 5.74) is 9.99. The van der Waals surface area contributed by atoms with Gasteiger partial charge in [-0.25, -0.2) is 12.7 Å². The molecule has 0 bridgehead atoms. The molecule has 2 heterocycles. The predicted octanol–water partition coefficient (Wildman–Crippen LogP) is 3.20. The molecule has 0 saturated heterocycles. The van der Waals surface area contributed by atoms with Crippen LogP contribution in [0.3, 0.4) is 0 Å². The summed E-state index contributed by atoms with van der Waals surface area (Å²) in [5.74, 6) is -0.199. The average Bonchev–Trinajstić information content (AvgIpc) is 3.52. The number of aromatic nitrogens is 1. The lowest BCUT2D eigenvalue weighted by Crippen LogP contribution is -2.38. The van der Waals surface area contributed by atoms with E-state index in [0.717, 1.165) is 11.3 Å². The molecule has 1 fully saturated rings. The van der Waals surface area contributed by atoms with Crippen LogP contribution < -0.4 is 5.73 Å². The molecular formula is C21H24Cl2N4O3S. The van der Waals surface area contributed by atoms with Crippen LogP contribution in [0.2, 0.25) is 10.0 Å². The van der Waals surface area contributed by atoms with Crippen molar-refractivity contribution in [2.75, 3.05) is 20.1 Å². The third-order valence-corrected chi connectivity index (χ3v) is 8.80. The highest BCUT2D eigenvalue weighted by Crippen LogP contribution is 2.40. The number of nitrogens with two attached hydrogens (primary N) is 1. The molecule has 0 atom stereocenters. The summed E-state index contributed by atoms with van der Waals surface area (Å²) in [5, 5.41) is 0.647. The van der Waals surface area contributed by atoms with E-state index in [2.05, 4.69) is 4.98 Å². The van der Waals surface area contributed by atoms with Crippen LogP contribution in [0, 0.1) is 6.92 Å². The Balaban J connectivity index is 1.67. The molecule has 2 aliphatic rings. The number of aryl methyl sites for hydroxylation is 1. The van der Waals surface area contributed by atoms with Gasteiger partial charge in [0.15, 0.2) is 0 Å². The van der Waals surface area contributed by atoms with Crippen LogP contribution in [0.5, 0.6) is 0 Å². The number of nitrogens with zero attached hydrogens (tertiary/aromatic N) is 3. The molecule has 1 saturated carbocycles. The topological polar surface area (TPSA) is 96.6 Å². The molecule has 2 N–H and O–H groups in total. The summed E-state index contributed by atoms with van der Waals surface area (Å²) in [6.45, 7) is 2.89. The van der Waals surface area contributed by atoms with Crippen LogP contribution in [0.4, 0.5) is 0 Å². The van der Waals surface area contributed by atoms with Crippen molar-refractivity contribution in [3.05, 3.63) is 50.8 Å². The quantitative estimate of drug-likeness (QED) is 0.653. The number of hydrogen-bond donors (Lipinski definition) is 1. The van der Waals surface area contributed by atoms with Gasteiger partial charge in [0.2, 0.25) is 10.0 Å². The highest BCUT2D eigenvalue weighted by atomic mass is 35.5. The molecule has 1 aromatic carbocycles. The number of amides is 1. The van der Waals surface area contributed by atoms with Crippen LogP contribution in [0.1, 0.15) is 40.2 Å². The van der Waals surface area contributed by atoms with E-state index < -0.39 is 10.0 Å². The predicted molar refractivity (Wildman–Crippen MR) is 122 cm³/mol. The zero-order chi connectivity index (χ0) is 22.5. The Kier molecular flexibility index (Phi) is 6.04. The number of rotatable bonds is 7. The lowest BCUT2D eigenvalue weighted by Gasteiger charge is -2.21. The van der Waals surface area contributed by atoms with Gasteiger partial charge in [-0.15, -0.1) is 0 Å². The Labute approximate surface area is 192 Å². The van der Waals surface area contributed by atoms with Crippen molar-refractivity contribution in [1.29, 1.82) is 0 Å². The molecule has 10 heteroatoms. The smallest absolute Gasteiger partial charge is 0.256 e. The summed E-state index contributed by atoms with van der Waals surface area (Å²) in [7, 11) is -1.72. The Morgan fingerprint density at radius 3 is 2.58 bits per heavy atom. The normalized spacial score (nSPS) is 16.3. The maximum Gasteiger partial charge on any atom is 0.256 e. The molecule has 2 aromatic rings. The van der Waals surface area contributed by atoms with Crippen LogP contribution >= 0.6 is 23.2 Å². The van der Waals surface area contributed by atoms with Gasteiger partial charge in [0.25, 0.3) is 5.91 Å². The second-order valence-corrected chi connectivity index (χ2v) is 11.2. The van der Waals surface area contributed by atoms with Gasteiger partial charge in [-0.05, 0) is 37.5 Å². The van der Waals surface area contributed by atoms with Crippen molar-refractivity contribution in [3.8, 4) is 11.1 Å². The van der Waals surface area contributed by atoms with Gasteiger partial charge in [0, 0.05) is 53.5 Å². The minimum atomic E-state index is -3.29. The third-order valence-electron chi connectivity index (χ3n) is 5.89. The molecule has 7 nitrogen and oxygen atoms in total. The molecule has 1 aliphatic carbocycles. The average molecular weight is 483 g/mol. The maximum atomic E-state index is 13.4. The van der Waals surface area contributed by atoms with E-state index >= 15 is 0 Å². The van der Waals surface area contributed by atoms with Crippen LogP contribution in [-0.2, 0) is 23.1 Å². The van der Waals surface area contributed by atoms with Gasteiger partial charge in [-0.2, -0.15) is 0 Å². The van der Waals surface area contributed by atoms with E-state index in [-0.39, 0.29) is 30.8 Å². The number of hydrogen-bond acceptors (Lipinski definition) is 5. The van der Waals surface area contributed by atoms with Crippen LogP contribution in [0.15, 0.2) is 18.2 Å². The SMILES string of the molecule is Cc1nc2c(c(-c3ccc(Cl)cc3Cl)c1CN)C(=O)N(CCN(C)S(=O)(=O)C1CC1)C2. The van der Waals surface area contributed by atoms with Crippen molar-refractivity contribution in [2.24, 2.45) is 5.73 Å². The van der Waals surface area contributed by atoms with Crippen LogP contribution in [0.25, 0.3) is 11.1 Å². The highest BCUT2D eigenvalue weighted by Gasteiger charge is 2.39. The van der Waals surface area contributed by atoms with E-state index in [9.17, 15) is 13.2 Å². The first-order chi connectivity index (χ1) is 14.6. The fourth-order valence-corrected chi connectivity index (χ4v) is 6.07. The Morgan fingerprint density at radius 2 is 1.97 bits per heavy atom. The second kappa shape index (κ2) is 8.33. The summed E-state index contributed by atoms with van der Waals surface area (Å²) >= 11 is 12.5. The van der Waals surface area contributed by atoms with Gasteiger partial charge in [-0.3, -0.25) is 9.78 Å². The second-order valence-electron chi connectivity index (χ2n) is 7.99. The number of pyridine rings is 1. The molecule has 4 rings (SSSR count). The van der Waals surface area contributed by atoms with E-state index in [4.69, 9.17) is 28.9 Å². The Bertz CT molecular complexity index is 1170. The molecule has 166 valence electrons. The minimum Gasteiger partial charge on any atom is -0.331 e. The molecular weight excluding hydrogens is 459 g/mol. The van der Waals surface area contributed by atoms with Gasteiger partial charge in [-0.1, -0.05) is 29.3 Å². The summed E-state index contributed by atoms with van der Waals surface area (Å²) in [6.07, 6.45) is 1.41. The Morgan fingerprint density at radius 1 is 1.26 bits per heavy atom. The number of sulfonamides is 1. The minimum absolute atomic E-state index is 0.199. The van der Waals surface area contributed by atoms with E-state index in [0.29, 0.717) is 51.8 Å². The monoisotopic (exact) mass is 482 g/mol. The van der Waals surface area contributed by atoms with E-state index in [1.54, 1.807) is 30.1 Å². The molecule has 1 amide bonds. The number of carbonyl (C=O) groups excluding carboxylic acids is 1. The lowest BCUT2D eigenvalue weighted by molar-refractivity contribution is 0.0773. The third kappa shape index (κ3) is 4.07. The number of fused-ring (bicyclic) bond motifs is 1. The van der Waals surface area contributed by atoms with Crippen molar-refractivity contribution in [2.45, 2.75) is 38.1 Å². The zero-order valence-electron chi connectivity index (χ0n) is 17.4. The maximum absolute atomic E-state index is 13.4. The van der Waals surface area contributed by atoms with Gasteiger partial charge in [0.1, 0.15) is 0 Å². The van der Waals surface area contributed by atoms with Crippen LogP contribution in [-0.4, -0.2) is 53.9 Å². The summed E-state index contributed by atoms with van der Waals surface area (Å²) < 4.78 is 26.2. The van der Waals surface area contributed by atoms with Crippen molar-refractivity contribution >= 4 is 39.1 Å². The molecule has 1 aliphatic heterocycles. The summed E-state index contributed by atoms with van der Waals surface area (Å²) in [6, 6.07) is 5.14. The van der Waals surface area contributed by atoms with Crippen molar-refractivity contribution < 1.29 is 13.2 Å². The Hall–Kier alpha value is -1.71. The first kappa shape index (κ1) is 22.5. The highest BCUT2D eigenvalue weighted by molar-refractivity contribution is 7.90. The fourth-order valence-electron chi connectivity index (χ4n) is 3.99. The lowest BCUT2D eigenvalue weighted by atomic mass is 9.93. The summed E-state index contributed by atoms with van der Waals surface area (Å²) in [4.78, 5) is 19.6. The van der Waals surface area contributed by atoms with Gasteiger partial charge in [0.05, 0.1) is 23.1 Å². The van der Waals surface area contributed by atoms with Gasteiger partial charge < -0.3 is 10.6 Å². The van der Waals surface area contributed by atoms with E-state index in [1.807, 2.05) is 6.92 Å². The zero-order valence-corrected chi connectivity index (χ0v) is 19.7. The number of halogens is 2. The van der Waals surface area contributed by atoms with E-state index in [1.165, 1.54) is 4.31 Å². The molecule has 0 unspecified atom stereocenters. The molecule has 31 heavy (non-hydrogen) atoms. The number of carbonyl (C=O) groups is 1. The fraction of sp³-hybridized carbons (Fsp3) is 0.429. The molecule has 0 radical (unpaired) electrons. The van der Waals surface area contributed by atoms with Gasteiger partial charge >= 0.3 is 0 Å².